The Morgan fingerprint density at radius 2 is 1.80 bits per heavy atom. The molecule has 3 rings (SSSR count). The van der Waals surface area contributed by atoms with Crippen LogP contribution in [0.1, 0.15) is 27.2 Å². The molecule has 0 bridgehead atoms. The molecular formula is C20H25N3O6S. The standard InChI is InChI=1S/C20H25N3O6S/c1-19(2,3)29-18(28)23-20(16(26)27)9-11(12-13(14(12)20)15(24)25)22-17(30)21-10-7-5-4-6-8-10/h4-8,11-14H,9H2,1-3H3,(H,23,28)(H,24,25)(H,26,27)(H2,21,22,30). The van der Waals surface area contributed by atoms with Gasteiger partial charge in [-0.15, -0.1) is 0 Å². The van der Waals surface area contributed by atoms with Crippen LogP contribution < -0.4 is 16.0 Å². The summed E-state index contributed by atoms with van der Waals surface area (Å²) in [6.45, 7) is 4.98. The van der Waals surface area contributed by atoms with Gasteiger partial charge < -0.3 is 30.9 Å². The van der Waals surface area contributed by atoms with Gasteiger partial charge in [0.25, 0.3) is 0 Å². The minimum atomic E-state index is -1.75. The number of thiocarbonyl (C=S) groups is 1. The Kier molecular flexibility index (Phi) is 5.64. The first-order valence-electron chi connectivity index (χ1n) is 9.54. The van der Waals surface area contributed by atoms with Crippen LogP contribution in [0.15, 0.2) is 30.3 Å². The van der Waals surface area contributed by atoms with Gasteiger partial charge in [0.1, 0.15) is 11.1 Å². The number of alkyl carbamates (subject to hydrolysis) is 1. The van der Waals surface area contributed by atoms with Crippen molar-refractivity contribution in [2.45, 2.75) is 44.4 Å². The highest BCUT2D eigenvalue weighted by Gasteiger charge is 2.76. The smallest absolute Gasteiger partial charge is 0.408 e. The SMILES string of the molecule is CC(C)(C)OC(=O)NC1(C(=O)O)CC(NC(=S)Nc2ccccc2)C2C(C(=O)O)C21. The monoisotopic (exact) mass is 435 g/mol. The Balaban J connectivity index is 1.78. The third-order valence-corrected chi connectivity index (χ3v) is 5.61. The number of carbonyl (C=O) groups excluding carboxylic acids is 1. The number of carboxylic acids is 2. The van der Waals surface area contributed by atoms with Gasteiger partial charge in [-0.3, -0.25) is 4.79 Å². The summed E-state index contributed by atoms with van der Waals surface area (Å²) in [5.41, 5.74) is -1.83. The van der Waals surface area contributed by atoms with Crippen molar-refractivity contribution in [3.63, 3.8) is 0 Å². The molecule has 5 atom stereocenters. The normalized spacial score (nSPS) is 29.3. The van der Waals surface area contributed by atoms with Crippen LogP contribution >= 0.6 is 12.2 Å². The first-order valence-corrected chi connectivity index (χ1v) is 9.95. The van der Waals surface area contributed by atoms with Gasteiger partial charge >= 0.3 is 18.0 Å². The van der Waals surface area contributed by atoms with Crippen LogP contribution in [-0.4, -0.2) is 50.5 Å². The van der Waals surface area contributed by atoms with E-state index in [9.17, 15) is 24.6 Å². The van der Waals surface area contributed by atoms with Crippen LogP contribution in [0.2, 0.25) is 0 Å². The van der Waals surface area contributed by atoms with E-state index in [0.717, 1.165) is 5.69 Å². The number of rotatable bonds is 5. The summed E-state index contributed by atoms with van der Waals surface area (Å²) in [5.74, 6) is -4.55. The Bertz CT molecular complexity index is 871. The molecule has 10 heteroatoms. The highest BCUT2D eigenvalue weighted by Crippen LogP contribution is 2.62. The first kappa shape index (κ1) is 21.8. The zero-order chi connectivity index (χ0) is 22.3. The Labute approximate surface area is 179 Å². The van der Waals surface area contributed by atoms with Gasteiger partial charge in [0.05, 0.1) is 5.92 Å². The van der Waals surface area contributed by atoms with Gasteiger partial charge in [-0.2, -0.15) is 0 Å². The molecule has 0 spiro atoms. The van der Waals surface area contributed by atoms with E-state index in [1.807, 2.05) is 30.3 Å². The molecule has 5 unspecified atom stereocenters. The summed E-state index contributed by atoms with van der Waals surface area (Å²) >= 11 is 5.32. The Hall–Kier alpha value is -2.88. The molecule has 1 amide bonds. The fourth-order valence-corrected chi connectivity index (χ4v) is 4.58. The average Bonchev–Trinajstić information content (AvgIpc) is 3.29. The summed E-state index contributed by atoms with van der Waals surface area (Å²) < 4.78 is 5.21. The summed E-state index contributed by atoms with van der Waals surface area (Å²) in [5, 5.41) is 28.3. The van der Waals surface area contributed by atoms with Crippen molar-refractivity contribution in [1.29, 1.82) is 0 Å². The predicted octanol–water partition coefficient (Wildman–Crippen LogP) is 2.04. The number of carboxylic acid groups (broad SMARTS) is 2. The lowest BCUT2D eigenvalue weighted by Crippen LogP contribution is -2.58. The van der Waals surface area contributed by atoms with E-state index >= 15 is 0 Å². The third kappa shape index (κ3) is 4.33. The summed E-state index contributed by atoms with van der Waals surface area (Å²) in [7, 11) is 0. The molecule has 0 saturated heterocycles. The number of aliphatic carboxylic acids is 2. The zero-order valence-corrected chi connectivity index (χ0v) is 17.7. The van der Waals surface area contributed by atoms with E-state index in [-0.39, 0.29) is 11.5 Å². The second-order valence-corrected chi connectivity index (χ2v) is 9.05. The van der Waals surface area contributed by atoms with Crippen molar-refractivity contribution in [3.8, 4) is 0 Å². The molecular weight excluding hydrogens is 410 g/mol. The Morgan fingerprint density at radius 1 is 1.17 bits per heavy atom. The average molecular weight is 436 g/mol. The molecule has 2 aliphatic rings. The van der Waals surface area contributed by atoms with Gasteiger partial charge in [-0.1, -0.05) is 18.2 Å². The molecule has 0 aliphatic heterocycles. The van der Waals surface area contributed by atoms with E-state index in [1.54, 1.807) is 20.8 Å². The second kappa shape index (κ2) is 7.75. The molecule has 162 valence electrons. The highest BCUT2D eigenvalue weighted by molar-refractivity contribution is 7.80. The van der Waals surface area contributed by atoms with Gasteiger partial charge in [0, 0.05) is 24.1 Å². The van der Waals surface area contributed by atoms with Gasteiger partial charge in [0.2, 0.25) is 0 Å². The van der Waals surface area contributed by atoms with Crippen molar-refractivity contribution in [1.82, 2.24) is 10.6 Å². The van der Waals surface area contributed by atoms with E-state index in [2.05, 4.69) is 16.0 Å². The summed E-state index contributed by atoms with van der Waals surface area (Å²) in [6, 6.07) is 8.61. The molecule has 5 N–H and O–H groups in total. The number of hydrogen-bond donors (Lipinski definition) is 5. The second-order valence-electron chi connectivity index (χ2n) is 8.65. The van der Waals surface area contributed by atoms with E-state index in [1.165, 1.54) is 0 Å². The largest absolute Gasteiger partial charge is 0.481 e. The third-order valence-electron chi connectivity index (χ3n) is 5.39. The van der Waals surface area contributed by atoms with Crippen molar-refractivity contribution < 1.29 is 29.3 Å². The van der Waals surface area contributed by atoms with Crippen molar-refractivity contribution in [2.75, 3.05) is 5.32 Å². The van der Waals surface area contributed by atoms with Gasteiger partial charge in [-0.05, 0) is 51.0 Å². The highest BCUT2D eigenvalue weighted by atomic mass is 32.1. The molecule has 0 aromatic heterocycles. The van der Waals surface area contributed by atoms with Crippen molar-refractivity contribution in [3.05, 3.63) is 30.3 Å². The summed E-state index contributed by atoms with van der Waals surface area (Å²) in [6.07, 6.45) is -0.914. The van der Waals surface area contributed by atoms with Crippen LogP contribution in [0, 0.1) is 17.8 Å². The number of hydrogen-bond acceptors (Lipinski definition) is 5. The van der Waals surface area contributed by atoms with Crippen molar-refractivity contribution >= 4 is 41.0 Å². The number of benzene rings is 1. The van der Waals surface area contributed by atoms with Gasteiger partial charge in [-0.25, -0.2) is 9.59 Å². The first-order chi connectivity index (χ1) is 13.9. The minimum absolute atomic E-state index is 0.0166. The number of fused-ring (bicyclic) bond motifs is 1. The lowest BCUT2D eigenvalue weighted by molar-refractivity contribution is -0.147. The molecule has 0 heterocycles. The predicted molar refractivity (Wildman–Crippen MR) is 112 cm³/mol. The fraction of sp³-hybridized carbons (Fsp3) is 0.500. The zero-order valence-electron chi connectivity index (χ0n) is 16.8. The number of para-hydroxylation sites is 1. The maximum atomic E-state index is 12.3. The van der Waals surface area contributed by atoms with Crippen LogP contribution in [0.5, 0.6) is 0 Å². The lowest BCUT2D eigenvalue weighted by atomic mass is 9.89. The number of amides is 1. The number of carbonyl (C=O) groups is 3. The topological polar surface area (TPSA) is 137 Å². The quantitative estimate of drug-likeness (QED) is 0.440. The molecule has 1 aromatic carbocycles. The molecule has 0 radical (unpaired) electrons. The molecule has 2 aliphatic carbocycles. The molecule has 30 heavy (non-hydrogen) atoms. The van der Waals surface area contributed by atoms with Crippen LogP contribution in [0.4, 0.5) is 10.5 Å². The van der Waals surface area contributed by atoms with Gasteiger partial charge in [0.15, 0.2) is 5.11 Å². The van der Waals surface area contributed by atoms with Crippen LogP contribution in [-0.2, 0) is 14.3 Å². The molecule has 2 saturated carbocycles. The van der Waals surface area contributed by atoms with E-state index in [4.69, 9.17) is 17.0 Å². The lowest BCUT2D eigenvalue weighted by Gasteiger charge is -2.31. The van der Waals surface area contributed by atoms with E-state index in [0.29, 0.717) is 0 Å². The maximum Gasteiger partial charge on any atom is 0.408 e. The van der Waals surface area contributed by atoms with Crippen LogP contribution in [0.3, 0.4) is 0 Å². The molecule has 1 aromatic rings. The minimum Gasteiger partial charge on any atom is -0.481 e. The molecule has 9 nitrogen and oxygen atoms in total. The van der Waals surface area contributed by atoms with E-state index < -0.39 is 53.0 Å². The number of nitrogens with one attached hydrogen (secondary N) is 3. The molecule has 2 fully saturated rings. The maximum absolute atomic E-state index is 12.3. The number of ether oxygens (including phenoxy) is 1. The fourth-order valence-electron chi connectivity index (χ4n) is 4.32. The summed E-state index contributed by atoms with van der Waals surface area (Å²) in [4.78, 5) is 36.3. The Morgan fingerprint density at radius 3 is 2.33 bits per heavy atom. The van der Waals surface area contributed by atoms with Crippen LogP contribution in [0.25, 0.3) is 0 Å². The van der Waals surface area contributed by atoms with Crippen molar-refractivity contribution in [2.24, 2.45) is 17.8 Å². The number of anilines is 1.